The Balaban J connectivity index is 1.87. The van der Waals surface area contributed by atoms with Gasteiger partial charge in [0, 0.05) is 46.9 Å². The molecule has 0 bridgehead atoms. The molecule has 5 nitrogen and oxygen atoms in total. The van der Waals surface area contributed by atoms with E-state index in [0.29, 0.717) is 0 Å². The molecular formula is C14H23N3O2. The van der Waals surface area contributed by atoms with E-state index in [1.807, 2.05) is 18.2 Å². The van der Waals surface area contributed by atoms with Gasteiger partial charge in [-0.15, -0.1) is 0 Å². The van der Waals surface area contributed by atoms with Crippen LogP contribution in [0.4, 0.5) is 11.4 Å². The van der Waals surface area contributed by atoms with Gasteiger partial charge in [0.25, 0.3) is 0 Å². The van der Waals surface area contributed by atoms with Gasteiger partial charge in [-0.25, -0.2) is 0 Å². The van der Waals surface area contributed by atoms with E-state index in [0.717, 1.165) is 44.1 Å². The van der Waals surface area contributed by atoms with Crippen LogP contribution in [0, 0.1) is 0 Å². The zero-order chi connectivity index (χ0) is 13.7. The first-order valence-corrected chi connectivity index (χ1v) is 6.62. The number of piperazine rings is 1. The number of benzene rings is 1. The Morgan fingerprint density at radius 1 is 1.11 bits per heavy atom. The number of nitrogen functional groups attached to an aromatic ring is 1. The van der Waals surface area contributed by atoms with Crippen molar-refractivity contribution in [2.24, 2.45) is 0 Å². The van der Waals surface area contributed by atoms with E-state index in [4.69, 9.17) is 15.2 Å². The molecule has 0 atom stereocenters. The van der Waals surface area contributed by atoms with Crippen LogP contribution in [0.15, 0.2) is 24.3 Å². The maximum Gasteiger partial charge on any atom is 0.169 e. The molecule has 1 aromatic carbocycles. The topological polar surface area (TPSA) is 51.0 Å². The van der Waals surface area contributed by atoms with E-state index in [9.17, 15) is 0 Å². The second kappa shape index (κ2) is 6.75. The Bertz CT molecular complexity index is 388. The highest BCUT2D eigenvalue weighted by Crippen LogP contribution is 2.23. The largest absolute Gasteiger partial charge is 0.397 e. The standard InChI is InChI=1S/C14H23N3O2/c1-18-14(19-2)11-16-7-9-17(10-8-16)13-6-4-3-5-12(13)15/h3-6,14H,7-11,15H2,1-2H3. The highest BCUT2D eigenvalue weighted by molar-refractivity contribution is 5.67. The molecule has 1 fully saturated rings. The van der Waals surface area contributed by atoms with Gasteiger partial charge >= 0.3 is 0 Å². The molecule has 2 rings (SSSR count). The fourth-order valence-corrected chi connectivity index (χ4v) is 2.40. The lowest BCUT2D eigenvalue weighted by Crippen LogP contribution is -2.49. The van der Waals surface area contributed by atoms with Crippen LogP contribution in [0.3, 0.4) is 0 Å². The average Bonchev–Trinajstić information content (AvgIpc) is 2.46. The number of hydrogen-bond acceptors (Lipinski definition) is 5. The number of anilines is 2. The van der Waals surface area contributed by atoms with Gasteiger partial charge in [0.1, 0.15) is 0 Å². The van der Waals surface area contributed by atoms with Crippen molar-refractivity contribution in [1.29, 1.82) is 0 Å². The first kappa shape index (κ1) is 14.1. The Morgan fingerprint density at radius 3 is 2.32 bits per heavy atom. The van der Waals surface area contributed by atoms with Gasteiger partial charge in [0.15, 0.2) is 6.29 Å². The summed E-state index contributed by atoms with van der Waals surface area (Å²) in [6.45, 7) is 4.77. The molecule has 0 aliphatic carbocycles. The second-order valence-corrected chi connectivity index (χ2v) is 4.75. The van der Waals surface area contributed by atoms with Crippen molar-refractivity contribution in [2.75, 3.05) is 57.6 Å². The van der Waals surface area contributed by atoms with Crippen molar-refractivity contribution in [3.05, 3.63) is 24.3 Å². The molecule has 0 amide bonds. The van der Waals surface area contributed by atoms with Gasteiger partial charge in [-0.2, -0.15) is 0 Å². The molecule has 1 saturated heterocycles. The van der Waals surface area contributed by atoms with E-state index in [1.165, 1.54) is 0 Å². The van der Waals surface area contributed by atoms with Crippen molar-refractivity contribution >= 4 is 11.4 Å². The predicted octanol–water partition coefficient (Wildman–Crippen LogP) is 1.01. The summed E-state index contributed by atoms with van der Waals surface area (Å²) in [5, 5.41) is 0. The maximum atomic E-state index is 6.01. The summed E-state index contributed by atoms with van der Waals surface area (Å²) in [4.78, 5) is 4.69. The Kier molecular flexibility index (Phi) is 5.01. The van der Waals surface area contributed by atoms with E-state index in [2.05, 4.69) is 15.9 Å². The molecule has 5 heteroatoms. The third-order valence-corrected chi connectivity index (χ3v) is 3.58. The number of methoxy groups -OCH3 is 2. The summed E-state index contributed by atoms with van der Waals surface area (Å²) in [5.41, 5.74) is 8.00. The first-order chi connectivity index (χ1) is 9.24. The van der Waals surface area contributed by atoms with Crippen LogP contribution in [0.5, 0.6) is 0 Å². The lowest BCUT2D eigenvalue weighted by Gasteiger charge is -2.37. The molecule has 1 aromatic rings. The maximum absolute atomic E-state index is 6.01. The number of nitrogens with zero attached hydrogens (tertiary/aromatic N) is 2. The minimum Gasteiger partial charge on any atom is -0.397 e. The van der Waals surface area contributed by atoms with Crippen LogP contribution in [-0.4, -0.2) is 58.1 Å². The molecule has 1 aliphatic heterocycles. The molecular weight excluding hydrogens is 242 g/mol. The molecule has 0 radical (unpaired) electrons. The molecule has 0 saturated carbocycles. The van der Waals surface area contributed by atoms with Gasteiger partial charge in [-0.05, 0) is 12.1 Å². The van der Waals surface area contributed by atoms with Crippen molar-refractivity contribution < 1.29 is 9.47 Å². The summed E-state index contributed by atoms with van der Waals surface area (Å²) in [5.74, 6) is 0. The van der Waals surface area contributed by atoms with E-state index in [-0.39, 0.29) is 6.29 Å². The fourth-order valence-electron chi connectivity index (χ4n) is 2.40. The van der Waals surface area contributed by atoms with Crippen molar-refractivity contribution in [3.8, 4) is 0 Å². The monoisotopic (exact) mass is 265 g/mol. The van der Waals surface area contributed by atoms with Gasteiger partial charge in [-0.3, -0.25) is 4.90 Å². The first-order valence-electron chi connectivity index (χ1n) is 6.62. The molecule has 1 heterocycles. The molecule has 2 N–H and O–H groups in total. The van der Waals surface area contributed by atoms with Crippen LogP contribution >= 0.6 is 0 Å². The summed E-state index contributed by atoms with van der Waals surface area (Å²) in [6.07, 6.45) is -0.145. The highest BCUT2D eigenvalue weighted by atomic mass is 16.7. The van der Waals surface area contributed by atoms with E-state index >= 15 is 0 Å². The Labute approximate surface area is 114 Å². The number of rotatable bonds is 5. The minimum atomic E-state index is -0.145. The number of nitrogens with two attached hydrogens (primary N) is 1. The normalized spacial score (nSPS) is 17.1. The van der Waals surface area contributed by atoms with E-state index < -0.39 is 0 Å². The number of hydrogen-bond donors (Lipinski definition) is 1. The van der Waals surface area contributed by atoms with Crippen LogP contribution in [0.2, 0.25) is 0 Å². The summed E-state index contributed by atoms with van der Waals surface area (Å²) in [6, 6.07) is 8.03. The molecule has 106 valence electrons. The van der Waals surface area contributed by atoms with Gasteiger partial charge in [0.2, 0.25) is 0 Å². The van der Waals surface area contributed by atoms with E-state index in [1.54, 1.807) is 14.2 Å². The third-order valence-electron chi connectivity index (χ3n) is 3.58. The zero-order valence-electron chi connectivity index (χ0n) is 11.7. The van der Waals surface area contributed by atoms with Crippen molar-refractivity contribution in [1.82, 2.24) is 4.90 Å². The molecule has 0 aromatic heterocycles. The highest BCUT2D eigenvalue weighted by Gasteiger charge is 2.20. The fraction of sp³-hybridized carbons (Fsp3) is 0.571. The van der Waals surface area contributed by atoms with Crippen molar-refractivity contribution in [3.63, 3.8) is 0 Å². The summed E-state index contributed by atoms with van der Waals surface area (Å²) in [7, 11) is 3.35. The van der Waals surface area contributed by atoms with Gasteiger partial charge < -0.3 is 20.1 Å². The molecule has 0 unspecified atom stereocenters. The lowest BCUT2D eigenvalue weighted by atomic mass is 10.2. The van der Waals surface area contributed by atoms with Crippen LogP contribution in [-0.2, 0) is 9.47 Å². The Hall–Kier alpha value is -1.30. The zero-order valence-corrected chi connectivity index (χ0v) is 11.7. The number of ether oxygens (including phenoxy) is 2. The number of para-hydroxylation sites is 2. The average molecular weight is 265 g/mol. The minimum absolute atomic E-state index is 0.145. The van der Waals surface area contributed by atoms with Gasteiger partial charge in [0.05, 0.1) is 11.4 Å². The van der Waals surface area contributed by atoms with Crippen LogP contribution < -0.4 is 10.6 Å². The second-order valence-electron chi connectivity index (χ2n) is 4.75. The van der Waals surface area contributed by atoms with Crippen LogP contribution in [0.1, 0.15) is 0 Å². The van der Waals surface area contributed by atoms with Gasteiger partial charge in [-0.1, -0.05) is 12.1 Å². The smallest absolute Gasteiger partial charge is 0.169 e. The lowest BCUT2D eigenvalue weighted by molar-refractivity contribution is -0.116. The SMILES string of the molecule is COC(CN1CCN(c2ccccc2N)CC1)OC. The van der Waals surface area contributed by atoms with Crippen molar-refractivity contribution in [2.45, 2.75) is 6.29 Å². The quantitative estimate of drug-likeness (QED) is 0.636. The summed E-state index contributed by atoms with van der Waals surface area (Å²) < 4.78 is 10.5. The van der Waals surface area contributed by atoms with Crippen LogP contribution in [0.25, 0.3) is 0 Å². The summed E-state index contributed by atoms with van der Waals surface area (Å²) >= 11 is 0. The molecule has 0 spiro atoms. The molecule has 19 heavy (non-hydrogen) atoms. The molecule has 1 aliphatic rings. The third kappa shape index (κ3) is 3.59. The Morgan fingerprint density at radius 2 is 1.74 bits per heavy atom. The predicted molar refractivity (Wildman–Crippen MR) is 77.3 cm³/mol.